The van der Waals surface area contributed by atoms with Crippen molar-refractivity contribution in [3.8, 4) is 0 Å². The maximum atomic E-state index is 12.0. The van der Waals surface area contributed by atoms with Crippen LogP contribution in [-0.4, -0.2) is 27.4 Å². The highest BCUT2D eigenvalue weighted by Gasteiger charge is 2.12. The van der Waals surface area contributed by atoms with Crippen LogP contribution in [0.5, 0.6) is 0 Å². The Balaban J connectivity index is 2.53. The van der Waals surface area contributed by atoms with Crippen LogP contribution in [0.3, 0.4) is 0 Å². The van der Waals surface area contributed by atoms with Crippen LogP contribution in [0.4, 0.5) is 5.69 Å². The van der Waals surface area contributed by atoms with Crippen molar-refractivity contribution < 1.29 is 13.2 Å². The number of hydrogen-bond donors (Lipinski definition) is 2. The number of anilines is 1. The van der Waals surface area contributed by atoms with Gasteiger partial charge in [-0.1, -0.05) is 5.11 Å². The topological polar surface area (TPSA) is 124 Å². The molecule has 2 N–H and O–H groups in total. The minimum atomic E-state index is -3.56. The highest BCUT2D eigenvalue weighted by molar-refractivity contribution is 7.89. The molecule has 0 spiro atoms. The van der Waals surface area contributed by atoms with Crippen molar-refractivity contribution in [3.63, 3.8) is 0 Å². The Hall–Kier alpha value is -2.09. The number of nitrogens with zero attached hydrogens (tertiary/aromatic N) is 3. The van der Waals surface area contributed by atoms with E-state index in [1.54, 1.807) is 0 Å². The van der Waals surface area contributed by atoms with Crippen LogP contribution in [0.15, 0.2) is 34.3 Å². The number of carbonyl (C=O) groups excluding carboxylic acids is 1. The fraction of sp³-hybridized carbons (Fsp3) is 0.417. The molecule has 9 heteroatoms. The van der Waals surface area contributed by atoms with Gasteiger partial charge in [0.15, 0.2) is 0 Å². The van der Waals surface area contributed by atoms with Gasteiger partial charge < -0.3 is 5.32 Å². The second kappa shape index (κ2) is 8.25. The number of benzene rings is 1. The van der Waals surface area contributed by atoms with E-state index < -0.39 is 10.0 Å². The predicted octanol–water partition coefficient (Wildman–Crippen LogP) is 2.01. The summed E-state index contributed by atoms with van der Waals surface area (Å²) in [5.74, 6) is -0.219. The minimum Gasteiger partial charge on any atom is -0.326 e. The quantitative estimate of drug-likeness (QED) is 0.330. The molecule has 0 heterocycles. The largest absolute Gasteiger partial charge is 0.326 e. The number of amides is 1. The summed E-state index contributed by atoms with van der Waals surface area (Å²) in [5, 5.41) is 5.93. The average molecular weight is 311 g/mol. The highest BCUT2D eigenvalue weighted by atomic mass is 32.2. The molecule has 0 saturated heterocycles. The lowest BCUT2D eigenvalue weighted by molar-refractivity contribution is -0.114. The van der Waals surface area contributed by atoms with Gasteiger partial charge in [0.25, 0.3) is 0 Å². The normalized spacial score (nSPS) is 10.7. The van der Waals surface area contributed by atoms with Crippen molar-refractivity contribution in [3.05, 3.63) is 34.7 Å². The summed E-state index contributed by atoms with van der Waals surface area (Å²) in [6.07, 6.45) is 1.20. The number of sulfonamides is 1. The molecule has 1 aromatic rings. The summed E-state index contributed by atoms with van der Waals surface area (Å²) in [6, 6.07) is 5.90. The van der Waals surface area contributed by atoms with Gasteiger partial charge in [0.05, 0.1) is 4.90 Å². The van der Waals surface area contributed by atoms with E-state index in [2.05, 4.69) is 20.1 Å². The average Bonchev–Trinajstić information content (AvgIpc) is 2.42. The van der Waals surface area contributed by atoms with E-state index in [1.165, 1.54) is 31.2 Å². The summed E-state index contributed by atoms with van der Waals surface area (Å²) in [4.78, 5) is 13.6. The van der Waals surface area contributed by atoms with Crippen molar-refractivity contribution in [2.45, 2.75) is 24.7 Å². The van der Waals surface area contributed by atoms with Crippen molar-refractivity contribution in [2.75, 3.05) is 18.4 Å². The minimum absolute atomic E-state index is 0.131. The molecule has 0 radical (unpaired) electrons. The summed E-state index contributed by atoms with van der Waals surface area (Å²) in [6.45, 7) is 2.00. The fourth-order valence-electron chi connectivity index (χ4n) is 1.56. The Kier molecular flexibility index (Phi) is 6.67. The maximum absolute atomic E-state index is 12.0. The first-order chi connectivity index (χ1) is 9.95. The van der Waals surface area contributed by atoms with Crippen LogP contribution in [0.25, 0.3) is 10.4 Å². The van der Waals surface area contributed by atoms with E-state index in [9.17, 15) is 13.2 Å². The molecule has 0 bridgehead atoms. The monoisotopic (exact) mass is 311 g/mol. The Bertz CT molecular complexity index is 621. The van der Waals surface area contributed by atoms with E-state index in [1.807, 2.05) is 0 Å². The molecular weight excluding hydrogens is 294 g/mol. The first kappa shape index (κ1) is 17.0. The Labute approximate surface area is 123 Å². The van der Waals surface area contributed by atoms with Crippen LogP contribution in [-0.2, 0) is 14.8 Å². The van der Waals surface area contributed by atoms with Gasteiger partial charge in [0.2, 0.25) is 15.9 Å². The lowest BCUT2D eigenvalue weighted by Crippen LogP contribution is -2.24. The van der Waals surface area contributed by atoms with Crippen molar-refractivity contribution in [1.29, 1.82) is 0 Å². The molecule has 0 aliphatic rings. The molecule has 1 rings (SSSR count). The third-order valence-electron chi connectivity index (χ3n) is 2.53. The predicted molar refractivity (Wildman–Crippen MR) is 79.2 cm³/mol. The van der Waals surface area contributed by atoms with E-state index >= 15 is 0 Å². The fourth-order valence-corrected chi connectivity index (χ4v) is 2.64. The maximum Gasteiger partial charge on any atom is 0.240 e. The molecule has 0 aliphatic carbocycles. The van der Waals surface area contributed by atoms with Gasteiger partial charge in [-0.15, -0.1) is 0 Å². The molecule has 0 fully saturated rings. The molecule has 1 amide bonds. The lowest BCUT2D eigenvalue weighted by atomic mass is 10.3. The Morgan fingerprint density at radius 2 is 1.95 bits per heavy atom. The van der Waals surface area contributed by atoms with Gasteiger partial charge in [-0.25, -0.2) is 13.1 Å². The van der Waals surface area contributed by atoms with E-state index in [-0.39, 0.29) is 17.3 Å². The Morgan fingerprint density at radius 1 is 1.29 bits per heavy atom. The van der Waals surface area contributed by atoms with Crippen LogP contribution in [0.1, 0.15) is 19.8 Å². The Morgan fingerprint density at radius 3 is 2.52 bits per heavy atom. The van der Waals surface area contributed by atoms with Gasteiger partial charge in [-0.05, 0) is 42.6 Å². The number of carbonyl (C=O) groups is 1. The number of unbranched alkanes of at least 4 members (excludes halogenated alkanes) is 1. The van der Waals surface area contributed by atoms with Crippen LogP contribution < -0.4 is 10.0 Å². The summed E-state index contributed by atoms with van der Waals surface area (Å²) in [5.41, 5.74) is 8.64. The molecule has 0 aromatic heterocycles. The van der Waals surface area contributed by atoms with Gasteiger partial charge in [-0.3, -0.25) is 4.79 Å². The highest BCUT2D eigenvalue weighted by Crippen LogP contribution is 2.13. The van der Waals surface area contributed by atoms with Gasteiger partial charge >= 0.3 is 0 Å². The van der Waals surface area contributed by atoms with Crippen LogP contribution in [0, 0.1) is 0 Å². The van der Waals surface area contributed by atoms with Gasteiger partial charge in [0.1, 0.15) is 0 Å². The van der Waals surface area contributed by atoms with Crippen molar-refractivity contribution in [2.24, 2.45) is 5.11 Å². The van der Waals surface area contributed by atoms with Crippen molar-refractivity contribution in [1.82, 2.24) is 4.72 Å². The van der Waals surface area contributed by atoms with Gasteiger partial charge in [0, 0.05) is 30.6 Å². The smallest absolute Gasteiger partial charge is 0.240 e. The first-order valence-electron chi connectivity index (χ1n) is 6.34. The molecule has 0 atom stereocenters. The molecule has 21 heavy (non-hydrogen) atoms. The molecule has 0 saturated carbocycles. The molecule has 0 aliphatic heterocycles. The molecule has 0 unspecified atom stereocenters. The SMILES string of the molecule is CC(=O)Nc1ccc(S(=O)(=O)NCCCCN=[N+]=[N-])cc1. The number of nitrogens with one attached hydrogen (secondary N) is 2. The van der Waals surface area contributed by atoms with E-state index in [4.69, 9.17) is 5.53 Å². The second-order valence-electron chi connectivity index (χ2n) is 4.26. The second-order valence-corrected chi connectivity index (χ2v) is 6.03. The zero-order valence-electron chi connectivity index (χ0n) is 11.6. The number of rotatable bonds is 8. The zero-order valence-corrected chi connectivity index (χ0v) is 12.4. The summed E-state index contributed by atoms with van der Waals surface area (Å²) >= 11 is 0. The standard InChI is InChI=1S/C12H17N5O3S/c1-10(18)16-11-4-6-12(7-5-11)21(19,20)15-9-3-2-8-14-17-13/h4-7,15H,2-3,8-9H2,1H3,(H,16,18). The molecular formula is C12H17N5O3S. The molecule has 114 valence electrons. The third-order valence-corrected chi connectivity index (χ3v) is 4.00. The van der Waals surface area contributed by atoms with Crippen LogP contribution >= 0.6 is 0 Å². The lowest BCUT2D eigenvalue weighted by Gasteiger charge is -2.07. The third kappa shape index (κ3) is 6.26. The molecule has 8 nitrogen and oxygen atoms in total. The number of hydrogen-bond acceptors (Lipinski definition) is 4. The number of azide groups is 1. The van der Waals surface area contributed by atoms with E-state index in [0.29, 0.717) is 25.1 Å². The zero-order chi connectivity index (χ0) is 15.7. The van der Waals surface area contributed by atoms with Gasteiger partial charge in [-0.2, -0.15) is 0 Å². The summed E-state index contributed by atoms with van der Waals surface area (Å²) in [7, 11) is -3.56. The first-order valence-corrected chi connectivity index (χ1v) is 7.82. The van der Waals surface area contributed by atoms with E-state index in [0.717, 1.165) is 0 Å². The van der Waals surface area contributed by atoms with Crippen molar-refractivity contribution >= 4 is 21.6 Å². The van der Waals surface area contributed by atoms with Crippen LogP contribution in [0.2, 0.25) is 0 Å². The molecule has 1 aromatic carbocycles. The summed E-state index contributed by atoms with van der Waals surface area (Å²) < 4.78 is 26.4.